The van der Waals surface area contributed by atoms with Crippen LogP contribution in [0.1, 0.15) is 69.9 Å². The predicted octanol–water partition coefficient (Wildman–Crippen LogP) is 7.41. The van der Waals surface area contributed by atoms with Crippen molar-refractivity contribution in [1.82, 2.24) is 9.97 Å². The third-order valence-electron chi connectivity index (χ3n) is 5.48. The van der Waals surface area contributed by atoms with Gasteiger partial charge in [0, 0.05) is 18.0 Å². The van der Waals surface area contributed by atoms with Crippen molar-refractivity contribution >= 4 is 0 Å². The van der Waals surface area contributed by atoms with E-state index in [0.717, 1.165) is 47.9 Å². The molecule has 2 aromatic carbocycles. The Morgan fingerprint density at radius 2 is 1.25 bits per heavy atom. The molecule has 3 rings (SSSR count). The molecule has 0 aliphatic heterocycles. The average molecular weight is 433 g/mol. The van der Waals surface area contributed by atoms with Crippen molar-refractivity contribution in [3.05, 3.63) is 72.1 Å². The smallest absolute Gasteiger partial charge is 0.159 e. The lowest BCUT2D eigenvalue weighted by molar-refractivity contribution is 0.300. The number of nitrogens with zero attached hydrogens (tertiary/aromatic N) is 2. The van der Waals surface area contributed by atoms with Crippen LogP contribution in [-0.4, -0.2) is 16.6 Å². The second kappa shape index (κ2) is 13.5. The zero-order valence-corrected chi connectivity index (χ0v) is 19.6. The van der Waals surface area contributed by atoms with Gasteiger partial charge in [-0.2, -0.15) is 0 Å². The van der Waals surface area contributed by atoms with E-state index < -0.39 is 0 Å². The van der Waals surface area contributed by atoms with Crippen LogP contribution < -0.4 is 9.47 Å². The van der Waals surface area contributed by atoms with E-state index in [1.54, 1.807) is 0 Å². The van der Waals surface area contributed by atoms with E-state index in [0.29, 0.717) is 6.61 Å². The van der Waals surface area contributed by atoms with Crippen molar-refractivity contribution in [2.75, 3.05) is 6.61 Å². The van der Waals surface area contributed by atoms with E-state index in [-0.39, 0.29) is 0 Å². The number of unbranched alkanes of at least 4 members (excludes halogenated alkanes) is 5. The van der Waals surface area contributed by atoms with Gasteiger partial charge in [0.25, 0.3) is 0 Å². The van der Waals surface area contributed by atoms with Crippen LogP contribution >= 0.6 is 0 Å². The molecule has 0 radical (unpaired) electrons. The van der Waals surface area contributed by atoms with Gasteiger partial charge in [0.1, 0.15) is 18.1 Å². The number of hydrogen-bond donors (Lipinski definition) is 0. The van der Waals surface area contributed by atoms with E-state index >= 15 is 0 Å². The number of benzene rings is 2. The van der Waals surface area contributed by atoms with Crippen LogP contribution in [0.5, 0.6) is 11.5 Å². The molecule has 4 nitrogen and oxygen atoms in total. The molecule has 0 aliphatic carbocycles. The van der Waals surface area contributed by atoms with Crippen LogP contribution in [0.2, 0.25) is 0 Å². The largest absolute Gasteiger partial charge is 0.494 e. The minimum atomic E-state index is 0.527. The first-order valence-corrected chi connectivity index (χ1v) is 12.0. The lowest BCUT2D eigenvalue weighted by Crippen LogP contribution is -1.99. The van der Waals surface area contributed by atoms with Gasteiger partial charge in [-0.3, -0.25) is 0 Å². The number of hydrogen-bond acceptors (Lipinski definition) is 4. The Labute approximate surface area is 193 Å². The summed E-state index contributed by atoms with van der Waals surface area (Å²) in [5, 5.41) is 0. The molecular formula is C28H36N2O2. The summed E-state index contributed by atoms with van der Waals surface area (Å²) in [7, 11) is 0. The van der Waals surface area contributed by atoms with Crippen LogP contribution in [0.15, 0.2) is 60.9 Å². The molecule has 0 bridgehead atoms. The minimum absolute atomic E-state index is 0.527. The first-order chi connectivity index (χ1) is 15.8. The van der Waals surface area contributed by atoms with Crippen LogP contribution in [0.3, 0.4) is 0 Å². The second-order valence-electron chi connectivity index (χ2n) is 8.24. The number of ether oxygens (including phenoxy) is 2. The molecule has 170 valence electrons. The van der Waals surface area contributed by atoms with Gasteiger partial charge >= 0.3 is 0 Å². The molecule has 32 heavy (non-hydrogen) atoms. The molecule has 4 heteroatoms. The summed E-state index contributed by atoms with van der Waals surface area (Å²) >= 11 is 0. The number of rotatable bonds is 14. The average Bonchev–Trinajstić information content (AvgIpc) is 2.84. The van der Waals surface area contributed by atoms with E-state index in [2.05, 4.69) is 35.9 Å². The molecule has 0 saturated carbocycles. The molecule has 0 unspecified atom stereocenters. The van der Waals surface area contributed by atoms with Gasteiger partial charge in [-0.1, -0.05) is 58.1 Å². The number of aryl methyl sites for hydroxylation is 1. The summed E-state index contributed by atoms with van der Waals surface area (Å²) in [5.41, 5.74) is 3.32. The fourth-order valence-corrected chi connectivity index (χ4v) is 3.48. The third kappa shape index (κ3) is 7.99. The Bertz CT molecular complexity index is 890. The Morgan fingerprint density at radius 3 is 1.94 bits per heavy atom. The highest BCUT2D eigenvalue weighted by atomic mass is 16.5. The van der Waals surface area contributed by atoms with Crippen molar-refractivity contribution in [2.45, 2.75) is 71.8 Å². The first kappa shape index (κ1) is 23.8. The quantitative estimate of drug-likeness (QED) is 0.249. The van der Waals surface area contributed by atoms with Crippen LogP contribution in [-0.2, 0) is 13.0 Å². The van der Waals surface area contributed by atoms with Crippen molar-refractivity contribution < 1.29 is 9.47 Å². The van der Waals surface area contributed by atoms with E-state index in [4.69, 9.17) is 9.47 Å². The summed E-state index contributed by atoms with van der Waals surface area (Å²) in [6.07, 6.45) is 13.5. The molecule has 0 fully saturated rings. The Balaban J connectivity index is 1.44. The molecule has 1 heterocycles. The second-order valence-corrected chi connectivity index (χ2v) is 8.24. The van der Waals surface area contributed by atoms with Crippen LogP contribution in [0, 0.1) is 0 Å². The summed E-state index contributed by atoms with van der Waals surface area (Å²) < 4.78 is 11.7. The zero-order valence-electron chi connectivity index (χ0n) is 19.6. The predicted molar refractivity (Wildman–Crippen MR) is 131 cm³/mol. The van der Waals surface area contributed by atoms with Gasteiger partial charge in [-0.15, -0.1) is 0 Å². The highest BCUT2D eigenvalue weighted by molar-refractivity contribution is 5.55. The topological polar surface area (TPSA) is 44.2 Å². The third-order valence-corrected chi connectivity index (χ3v) is 5.48. The van der Waals surface area contributed by atoms with Gasteiger partial charge in [0.05, 0.1) is 6.61 Å². The van der Waals surface area contributed by atoms with Gasteiger partial charge in [0.2, 0.25) is 0 Å². The zero-order chi connectivity index (χ0) is 22.4. The fourth-order valence-electron chi connectivity index (χ4n) is 3.48. The van der Waals surface area contributed by atoms with E-state index in [9.17, 15) is 0 Å². The maximum absolute atomic E-state index is 5.94. The Hall–Kier alpha value is -2.88. The van der Waals surface area contributed by atoms with Gasteiger partial charge in [-0.05, 0) is 66.8 Å². The van der Waals surface area contributed by atoms with Gasteiger partial charge < -0.3 is 9.47 Å². The monoisotopic (exact) mass is 432 g/mol. The maximum atomic E-state index is 5.94. The van der Waals surface area contributed by atoms with Crippen molar-refractivity contribution in [3.8, 4) is 22.9 Å². The maximum Gasteiger partial charge on any atom is 0.159 e. The Kier molecular flexibility index (Phi) is 10.0. The van der Waals surface area contributed by atoms with E-state index in [1.165, 1.54) is 44.1 Å². The normalized spacial score (nSPS) is 10.8. The molecule has 0 spiro atoms. The van der Waals surface area contributed by atoms with Crippen molar-refractivity contribution in [1.29, 1.82) is 0 Å². The molecule has 0 amide bonds. The lowest BCUT2D eigenvalue weighted by atomic mass is 10.1. The van der Waals surface area contributed by atoms with Gasteiger partial charge in [-0.25, -0.2) is 9.97 Å². The SMILES string of the molecule is CCCCCCOc1ccc(COc2ccc(-c3ncc(CCCCC)cn3)cc2)cc1. The molecule has 1 aromatic heterocycles. The lowest BCUT2D eigenvalue weighted by Gasteiger charge is -2.09. The summed E-state index contributed by atoms with van der Waals surface area (Å²) in [6.45, 7) is 5.75. The molecule has 0 saturated heterocycles. The van der Waals surface area contributed by atoms with Crippen molar-refractivity contribution in [2.24, 2.45) is 0 Å². The highest BCUT2D eigenvalue weighted by Gasteiger charge is 2.04. The molecule has 0 aliphatic rings. The van der Waals surface area contributed by atoms with E-state index in [1.807, 2.05) is 48.8 Å². The molecule has 0 N–H and O–H groups in total. The summed E-state index contributed by atoms with van der Waals surface area (Å²) in [4.78, 5) is 9.06. The van der Waals surface area contributed by atoms with Crippen molar-refractivity contribution in [3.63, 3.8) is 0 Å². The Morgan fingerprint density at radius 1 is 0.625 bits per heavy atom. The highest BCUT2D eigenvalue weighted by Crippen LogP contribution is 2.21. The van der Waals surface area contributed by atoms with Gasteiger partial charge in [0.15, 0.2) is 5.82 Å². The first-order valence-electron chi connectivity index (χ1n) is 12.0. The summed E-state index contributed by atoms with van der Waals surface area (Å²) in [6, 6.07) is 16.1. The van der Waals surface area contributed by atoms with Crippen LogP contribution in [0.25, 0.3) is 11.4 Å². The molecule has 0 atom stereocenters. The number of aromatic nitrogens is 2. The minimum Gasteiger partial charge on any atom is -0.494 e. The van der Waals surface area contributed by atoms with Crippen LogP contribution in [0.4, 0.5) is 0 Å². The fraction of sp³-hybridized carbons (Fsp3) is 0.429. The molecule has 3 aromatic rings. The summed E-state index contributed by atoms with van der Waals surface area (Å²) in [5.74, 6) is 2.51. The standard InChI is InChI=1S/C28H36N2O2/c1-3-5-7-9-19-31-26-15-11-23(12-16-26)22-32-27-17-13-25(14-18-27)28-29-20-24(21-30-28)10-8-6-4-2/h11-18,20-21H,3-10,19,22H2,1-2H3. The molecular weight excluding hydrogens is 396 g/mol.